The number of hydrogen-bond donors (Lipinski definition) is 5. The largest absolute Gasteiger partial charge is 0.388 e. The molecule has 11 heteroatoms. The lowest BCUT2D eigenvalue weighted by Crippen LogP contribution is -2.58. The molecule has 10 nitrogen and oxygen atoms in total. The molecule has 1 aliphatic heterocycles. The molecule has 5 N–H and O–H groups in total. The minimum Gasteiger partial charge on any atom is -0.388 e. The first-order valence-electron chi connectivity index (χ1n) is 6.64. The van der Waals surface area contributed by atoms with E-state index in [1.54, 1.807) is 13.8 Å². The molecule has 1 heterocycles. The van der Waals surface area contributed by atoms with Crippen LogP contribution < -0.4 is 4.72 Å². The van der Waals surface area contributed by atoms with Gasteiger partial charge in [0, 0.05) is 6.42 Å². The summed E-state index contributed by atoms with van der Waals surface area (Å²) in [5, 5.41) is 29.3. The number of carbonyl (C=O) groups is 1. The highest BCUT2D eigenvalue weighted by Gasteiger charge is 2.44. The molecule has 0 bridgehead atoms. The Hall–Kier alpha value is -0.820. The van der Waals surface area contributed by atoms with E-state index in [0.29, 0.717) is 0 Å². The molecule has 1 aliphatic rings. The van der Waals surface area contributed by atoms with Gasteiger partial charge >= 0.3 is 10.3 Å². The average Bonchev–Trinajstić information content (AvgIpc) is 2.35. The van der Waals surface area contributed by atoms with Crippen molar-refractivity contribution in [2.24, 2.45) is 0 Å². The molecule has 0 aliphatic carbocycles. The molecule has 0 radical (unpaired) electrons. The summed E-state index contributed by atoms with van der Waals surface area (Å²) in [6.45, 7) is 3.37. The zero-order valence-electron chi connectivity index (χ0n) is 12.1. The van der Waals surface area contributed by atoms with Gasteiger partial charge in [-0.25, -0.2) is 4.72 Å². The number of ether oxygens (including phenoxy) is 2. The fraction of sp³-hybridized carbons (Fsp3) is 0.909. The number of amides is 1. The van der Waals surface area contributed by atoms with Crippen molar-refractivity contribution >= 4 is 16.2 Å². The molecule has 1 rings (SSSR count). The van der Waals surface area contributed by atoms with E-state index in [0.717, 1.165) is 0 Å². The molecule has 0 aromatic heterocycles. The number of carbonyl (C=O) groups excluding carboxylic acids is 1. The van der Waals surface area contributed by atoms with E-state index in [1.807, 2.05) is 0 Å². The van der Waals surface area contributed by atoms with Crippen molar-refractivity contribution in [1.82, 2.24) is 4.72 Å². The van der Waals surface area contributed by atoms with Gasteiger partial charge < -0.3 is 24.8 Å². The van der Waals surface area contributed by atoms with E-state index < -0.39 is 53.3 Å². The van der Waals surface area contributed by atoms with Gasteiger partial charge in [0.1, 0.15) is 18.3 Å². The summed E-state index contributed by atoms with van der Waals surface area (Å²) in [5.74, 6) is -1.000. The van der Waals surface area contributed by atoms with Crippen molar-refractivity contribution in [3.63, 3.8) is 0 Å². The molecule has 1 fully saturated rings. The van der Waals surface area contributed by atoms with E-state index in [-0.39, 0.29) is 12.5 Å². The van der Waals surface area contributed by atoms with Crippen LogP contribution in [0.4, 0.5) is 0 Å². The second kappa shape index (κ2) is 7.64. The van der Waals surface area contributed by atoms with Crippen LogP contribution in [0.25, 0.3) is 0 Å². The Balaban J connectivity index is 2.62. The minimum absolute atomic E-state index is 0.149. The van der Waals surface area contributed by atoms with Crippen LogP contribution in [-0.2, 0) is 24.6 Å². The standard InChI is InChI=1S/C11H21NO9S/c1-5(2)20-11-10(16)9(15)8(14)6(21-11)3-4-7(13)12-22(17,18)19/h5-6,8-11,14-16H,3-4H2,1-2H3,(H,12,13)(H,17,18,19)/t6-,8-,9+,10+,11+/m1/s1. The number of nitrogens with one attached hydrogen (secondary N) is 1. The average molecular weight is 343 g/mol. The third-order valence-electron chi connectivity index (χ3n) is 2.97. The van der Waals surface area contributed by atoms with Gasteiger partial charge in [0.25, 0.3) is 0 Å². The van der Waals surface area contributed by atoms with Gasteiger partial charge in [0.2, 0.25) is 5.91 Å². The minimum atomic E-state index is -4.65. The van der Waals surface area contributed by atoms with Gasteiger partial charge in [0.15, 0.2) is 6.29 Å². The normalized spacial score (nSPS) is 33.0. The second-order valence-corrected chi connectivity index (χ2v) is 6.39. The number of rotatable bonds is 6. The lowest BCUT2D eigenvalue weighted by molar-refractivity contribution is -0.305. The van der Waals surface area contributed by atoms with Crippen molar-refractivity contribution in [3.05, 3.63) is 0 Å². The highest BCUT2D eigenvalue weighted by molar-refractivity contribution is 7.84. The summed E-state index contributed by atoms with van der Waals surface area (Å²) >= 11 is 0. The molecule has 1 amide bonds. The smallest absolute Gasteiger partial charge is 0.359 e. The summed E-state index contributed by atoms with van der Waals surface area (Å²) in [7, 11) is -4.65. The Morgan fingerprint density at radius 3 is 2.32 bits per heavy atom. The van der Waals surface area contributed by atoms with Crippen molar-refractivity contribution in [1.29, 1.82) is 0 Å². The van der Waals surface area contributed by atoms with Crippen LogP contribution in [0.1, 0.15) is 26.7 Å². The van der Waals surface area contributed by atoms with Crippen LogP contribution in [-0.4, -0.2) is 71.0 Å². The van der Waals surface area contributed by atoms with Gasteiger partial charge in [0.05, 0.1) is 12.2 Å². The summed E-state index contributed by atoms with van der Waals surface area (Å²) in [6, 6.07) is 0. The van der Waals surface area contributed by atoms with Crippen LogP contribution in [0.3, 0.4) is 0 Å². The Morgan fingerprint density at radius 2 is 1.82 bits per heavy atom. The predicted octanol–water partition coefficient (Wildman–Crippen LogP) is -2.08. The molecule has 5 atom stereocenters. The Bertz CT molecular complexity index is 480. The summed E-state index contributed by atoms with van der Waals surface area (Å²) in [6.07, 6.45) is -7.55. The number of aliphatic hydroxyl groups is 3. The van der Waals surface area contributed by atoms with Gasteiger partial charge in [-0.05, 0) is 20.3 Å². The first kappa shape index (κ1) is 19.2. The van der Waals surface area contributed by atoms with Crippen molar-refractivity contribution < 1.29 is 42.6 Å². The van der Waals surface area contributed by atoms with Crippen molar-refractivity contribution in [2.75, 3.05) is 0 Å². The summed E-state index contributed by atoms with van der Waals surface area (Å²) in [5.41, 5.74) is 0. The van der Waals surface area contributed by atoms with E-state index in [1.165, 1.54) is 4.72 Å². The SMILES string of the molecule is CC(C)O[C@H]1O[C@H](CCC(=O)NS(=O)(=O)O)[C@@H](O)[C@H](O)[C@@H]1O. The molecule has 0 spiro atoms. The second-order valence-electron chi connectivity index (χ2n) is 5.24. The van der Waals surface area contributed by atoms with Crippen LogP contribution in [0.5, 0.6) is 0 Å². The molecular formula is C11H21NO9S. The third kappa shape index (κ3) is 5.76. The predicted molar refractivity (Wildman–Crippen MR) is 71.8 cm³/mol. The Kier molecular flexibility index (Phi) is 6.67. The highest BCUT2D eigenvalue weighted by atomic mass is 32.2. The zero-order valence-corrected chi connectivity index (χ0v) is 12.9. The van der Waals surface area contributed by atoms with Gasteiger partial charge in [-0.15, -0.1) is 0 Å². The molecule has 0 unspecified atom stereocenters. The summed E-state index contributed by atoms with van der Waals surface area (Å²) in [4.78, 5) is 11.3. The number of hydrogen-bond acceptors (Lipinski definition) is 8. The van der Waals surface area contributed by atoms with E-state index >= 15 is 0 Å². The topological polar surface area (TPSA) is 163 Å². The van der Waals surface area contributed by atoms with Gasteiger partial charge in [-0.1, -0.05) is 0 Å². The zero-order chi connectivity index (χ0) is 17.1. The molecule has 130 valence electrons. The van der Waals surface area contributed by atoms with Crippen LogP contribution in [0, 0.1) is 0 Å². The first-order chi connectivity index (χ1) is 10.0. The van der Waals surface area contributed by atoms with Gasteiger partial charge in [-0.3, -0.25) is 9.35 Å². The monoisotopic (exact) mass is 343 g/mol. The summed E-state index contributed by atoms with van der Waals surface area (Å²) < 4.78 is 41.3. The molecular weight excluding hydrogens is 322 g/mol. The van der Waals surface area contributed by atoms with Crippen LogP contribution >= 0.6 is 0 Å². The van der Waals surface area contributed by atoms with E-state index in [4.69, 9.17) is 14.0 Å². The highest BCUT2D eigenvalue weighted by Crippen LogP contribution is 2.25. The van der Waals surface area contributed by atoms with Gasteiger partial charge in [-0.2, -0.15) is 8.42 Å². The lowest BCUT2D eigenvalue weighted by atomic mass is 9.96. The van der Waals surface area contributed by atoms with E-state index in [2.05, 4.69) is 0 Å². The molecule has 22 heavy (non-hydrogen) atoms. The maximum absolute atomic E-state index is 11.3. The maximum Gasteiger partial charge on any atom is 0.359 e. The van der Waals surface area contributed by atoms with Crippen molar-refractivity contribution in [2.45, 2.75) is 63.5 Å². The lowest BCUT2D eigenvalue weighted by Gasteiger charge is -2.40. The quantitative estimate of drug-likeness (QED) is 0.340. The maximum atomic E-state index is 11.3. The van der Waals surface area contributed by atoms with Crippen LogP contribution in [0.2, 0.25) is 0 Å². The Labute approximate surface area is 127 Å². The van der Waals surface area contributed by atoms with E-state index in [9.17, 15) is 28.5 Å². The molecule has 0 aromatic rings. The third-order valence-corrected chi connectivity index (χ3v) is 3.46. The Morgan fingerprint density at radius 1 is 1.23 bits per heavy atom. The molecule has 0 aromatic carbocycles. The van der Waals surface area contributed by atoms with Crippen LogP contribution in [0.15, 0.2) is 0 Å². The molecule has 1 saturated heterocycles. The van der Waals surface area contributed by atoms with Crippen molar-refractivity contribution in [3.8, 4) is 0 Å². The number of aliphatic hydroxyl groups excluding tert-OH is 3. The fourth-order valence-electron chi connectivity index (χ4n) is 2.00. The fourth-order valence-corrected chi connectivity index (χ4v) is 2.39. The first-order valence-corrected chi connectivity index (χ1v) is 8.08. The molecule has 0 saturated carbocycles.